The summed E-state index contributed by atoms with van der Waals surface area (Å²) in [5, 5.41) is 9.17. The molecule has 25 heavy (non-hydrogen) atoms. The maximum Gasteiger partial charge on any atom is 0.254 e. The van der Waals surface area contributed by atoms with Gasteiger partial charge in [-0.25, -0.2) is 9.37 Å². The Morgan fingerprint density at radius 2 is 2.04 bits per heavy atom. The first-order valence-electron chi connectivity index (χ1n) is 7.54. The Kier molecular flexibility index (Phi) is 3.97. The van der Waals surface area contributed by atoms with E-state index in [1.165, 1.54) is 24.3 Å². The average Bonchev–Trinajstić information content (AvgIpc) is 3.21. The Morgan fingerprint density at radius 1 is 1.28 bits per heavy atom. The number of hydrogen-bond acceptors (Lipinski definition) is 6. The summed E-state index contributed by atoms with van der Waals surface area (Å²) in [6, 6.07) is 5.26. The summed E-state index contributed by atoms with van der Waals surface area (Å²) < 4.78 is 18.9. The van der Waals surface area contributed by atoms with Crippen LogP contribution >= 0.6 is 23.1 Å². The molecule has 0 saturated heterocycles. The first kappa shape index (κ1) is 16.1. The molecule has 2 aromatic heterocycles. The van der Waals surface area contributed by atoms with Gasteiger partial charge in [-0.1, -0.05) is 0 Å². The van der Waals surface area contributed by atoms with Gasteiger partial charge >= 0.3 is 0 Å². The van der Waals surface area contributed by atoms with Crippen LogP contribution in [0.1, 0.15) is 29.1 Å². The molecule has 10 heteroatoms. The second-order valence-corrected chi connectivity index (χ2v) is 6.67. The van der Waals surface area contributed by atoms with Crippen molar-refractivity contribution in [2.75, 3.05) is 6.54 Å². The second-order valence-electron chi connectivity index (χ2n) is 5.58. The number of halogens is 2. The van der Waals surface area contributed by atoms with Crippen LogP contribution in [0.25, 0.3) is 10.8 Å². The van der Waals surface area contributed by atoms with Crippen LogP contribution in [-0.2, 0) is 6.54 Å². The maximum atomic E-state index is 13.1. The molecule has 1 aromatic carbocycles. The van der Waals surface area contributed by atoms with Crippen molar-refractivity contribution in [3.05, 3.63) is 46.8 Å². The molecule has 1 amide bonds. The molecule has 7 nitrogen and oxygen atoms in total. The molecule has 1 aliphatic heterocycles. The van der Waals surface area contributed by atoms with Gasteiger partial charge in [0.05, 0.1) is 6.04 Å². The van der Waals surface area contributed by atoms with Crippen LogP contribution in [0, 0.1) is 5.82 Å². The quantitative estimate of drug-likeness (QED) is 0.685. The maximum absolute atomic E-state index is 13.1. The summed E-state index contributed by atoms with van der Waals surface area (Å²) in [5.74, 6) is 0.730. The van der Waals surface area contributed by atoms with E-state index in [1.807, 2.05) is 11.5 Å². The fourth-order valence-electron chi connectivity index (χ4n) is 2.88. The fraction of sp³-hybridized carbons (Fsp3) is 0.267. The van der Waals surface area contributed by atoms with Gasteiger partial charge in [0.25, 0.3) is 5.91 Å². The summed E-state index contributed by atoms with van der Waals surface area (Å²) in [5.41, 5.74) is 0.442. The third kappa shape index (κ3) is 2.79. The van der Waals surface area contributed by atoms with Gasteiger partial charge in [0.1, 0.15) is 5.82 Å². The van der Waals surface area contributed by atoms with Crippen LogP contribution < -0.4 is 0 Å². The Bertz CT molecular complexity index is 940. The monoisotopic (exact) mass is 378 g/mol. The van der Waals surface area contributed by atoms with Crippen molar-refractivity contribution in [1.82, 2.24) is 29.0 Å². The molecule has 3 aromatic rings. The highest BCUT2D eigenvalue weighted by Gasteiger charge is 2.32. The van der Waals surface area contributed by atoms with Crippen LogP contribution in [-0.4, -0.2) is 41.5 Å². The zero-order chi connectivity index (χ0) is 17.6. The number of carbonyl (C=O) groups excluding carboxylic acids is 1. The van der Waals surface area contributed by atoms with Gasteiger partial charge in [-0.15, -0.1) is 10.2 Å². The lowest BCUT2D eigenvalue weighted by Crippen LogP contribution is -2.41. The minimum Gasteiger partial charge on any atom is -0.327 e. The number of carbonyl (C=O) groups is 1. The lowest BCUT2D eigenvalue weighted by molar-refractivity contribution is 0.0638. The Balaban J connectivity index is 1.63. The molecular formula is C15H12ClFN6OS. The predicted octanol–water partition coefficient (Wildman–Crippen LogP) is 2.81. The Morgan fingerprint density at radius 3 is 2.72 bits per heavy atom. The second kappa shape index (κ2) is 6.16. The van der Waals surface area contributed by atoms with Crippen molar-refractivity contribution in [3.63, 3.8) is 0 Å². The minimum absolute atomic E-state index is 0.165. The third-order valence-corrected chi connectivity index (χ3v) is 5.11. The van der Waals surface area contributed by atoms with Crippen molar-refractivity contribution in [3.8, 4) is 10.8 Å². The molecule has 0 N–H and O–H groups in total. The highest BCUT2D eigenvalue weighted by Crippen LogP contribution is 2.30. The molecular weight excluding hydrogens is 367 g/mol. The normalized spacial score (nSPS) is 16.8. The molecule has 4 rings (SSSR count). The van der Waals surface area contributed by atoms with Crippen LogP contribution in [0.15, 0.2) is 24.3 Å². The van der Waals surface area contributed by atoms with E-state index in [0.29, 0.717) is 35.3 Å². The SMILES string of the molecule is CC1c2nnc(-c3nc(Cl)ns3)n2CCN1C(=O)c1ccc(F)cc1. The van der Waals surface area contributed by atoms with Crippen molar-refractivity contribution >= 4 is 29.0 Å². The highest BCUT2D eigenvalue weighted by atomic mass is 35.5. The van der Waals surface area contributed by atoms with Crippen LogP contribution in [0.3, 0.4) is 0 Å². The van der Waals surface area contributed by atoms with Gasteiger partial charge in [0.15, 0.2) is 16.7 Å². The van der Waals surface area contributed by atoms with E-state index in [4.69, 9.17) is 11.6 Å². The minimum atomic E-state index is -0.372. The topological polar surface area (TPSA) is 76.8 Å². The highest BCUT2D eigenvalue weighted by molar-refractivity contribution is 7.09. The molecule has 1 aliphatic rings. The molecule has 128 valence electrons. The van der Waals surface area contributed by atoms with Crippen molar-refractivity contribution in [2.24, 2.45) is 0 Å². The van der Waals surface area contributed by atoms with E-state index in [-0.39, 0.29) is 23.0 Å². The van der Waals surface area contributed by atoms with Crippen molar-refractivity contribution in [2.45, 2.75) is 19.5 Å². The number of fused-ring (bicyclic) bond motifs is 1. The molecule has 1 unspecified atom stereocenters. The molecule has 3 heterocycles. The Hall–Kier alpha value is -2.39. The van der Waals surface area contributed by atoms with Crippen molar-refractivity contribution < 1.29 is 9.18 Å². The first-order chi connectivity index (χ1) is 12.0. The fourth-order valence-corrected chi connectivity index (χ4v) is 3.68. The standard InChI is InChI=1S/C15H12ClFN6OS/c1-8-11-19-20-12(13-18-15(16)21-25-13)23(11)7-6-22(8)14(24)9-2-4-10(17)5-3-9/h2-5,8H,6-7H2,1H3. The summed E-state index contributed by atoms with van der Waals surface area (Å²) in [7, 11) is 0. The molecule has 0 radical (unpaired) electrons. The molecule has 0 aliphatic carbocycles. The van der Waals surface area contributed by atoms with Crippen molar-refractivity contribution in [1.29, 1.82) is 0 Å². The average molecular weight is 379 g/mol. The van der Waals surface area contributed by atoms with Gasteiger partial charge in [-0.3, -0.25) is 4.79 Å². The zero-order valence-electron chi connectivity index (χ0n) is 13.1. The van der Waals surface area contributed by atoms with Gasteiger partial charge < -0.3 is 9.47 Å². The number of hydrogen-bond donors (Lipinski definition) is 0. The molecule has 0 bridgehead atoms. The summed E-state index contributed by atoms with van der Waals surface area (Å²) in [6.45, 7) is 2.91. The lowest BCUT2D eigenvalue weighted by Gasteiger charge is -2.33. The van der Waals surface area contributed by atoms with E-state index < -0.39 is 0 Å². The molecule has 1 atom stereocenters. The van der Waals surface area contributed by atoms with E-state index in [0.717, 1.165) is 11.5 Å². The smallest absolute Gasteiger partial charge is 0.254 e. The summed E-state index contributed by atoms with van der Waals surface area (Å²) in [4.78, 5) is 18.6. The van der Waals surface area contributed by atoms with Gasteiger partial charge in [0.2, 0.25) is 5.28 Å². The number of benzene rings is 1. The molecule has 0 spiro atoms. The summed E-state index contributed by atoms with van der Waals surface area (Å²) in [6.07, 6.45) is 0. The third-order valence-electron chi connectivity index (χ3n) is 4.13. The van der Waals surface area contributed by atoms with Crippen LogP contribution in [0.2, 0.25) is 5.28 Å². The van der Waals surface area contributed by atoms with Crippen LogP contribution in [0.4, 0.5) is 4.39 Å². The number of rotatable bonds is 2. The zero-order valence-corrected chi connectivity index (χ0v) is 14.6. The number of amides is 1. The van der Waals surface area contributed by atoms with Gasteiger partial charge in [0, 0.05) is 18.7 Å². The number of aromatic nitrogens is 5. The lowest BCUT2D eigenvalue weighted by atomic mass is 10.1. The predicted molar refractivity (Wildman–Crippen MR) is 89.8 cm³/mol. The van der Waals surface area contributed by atoms with E-state index in [2.05, 4.69) is 19.6 Å². The summed E-state index contributed by atoms with van der Waals surface area (Å²) >= 11 is 6.94. The van der Waals surface area contributed by atoms with Gasteiger partial charge in [-0.05, 0) is 54.3 Å². The molecule has 0 fully saturated rings. The van der Waals surface area contributed by atoms with E-state index in [1.54, 1.807) is 4.90 Å². The van der Waals surface area contributed by atoms with Gasteiger partial charge in [-0.2, -0.15) is 4.37 Å². The van der Waals surface area contributed by atoms with E-state index >= 15 is 0 Å². The Labute approximate surface area is 151 Å². The largest absolute Gasteiger partial charge is 0.327 e. The number of nitrogens with zero attached hydrogens (tertiary/aromatic N) is 6. The molecule has 0 saturated carbocycles. The van der Waals surface area contributed by atoms with Crippen LogP contribution in [0.5, 0.6) is 0 Å². The first-order valence-corrected chi connectivity index (χ1v) is 8.69. The van der Waals surface area contributed by atoms with E-state index in [9.17, 15) is 9.18 Å².